The molecule has 1 aliphatic rings. The third kappa shape index (κ3) is 4.31. The summed E-state index contributed by atoms with van der Waals surface area (Å²) in [6.07, 6.45) is 5.58. The standard InChI is InChI=1S/C25H20ClN3O3/c26-18-6-11-21(12-7-18)29(24(32)25(14-15-25)23(27)31)20-9-4-17(5-10-20)22(30)13-8-19-3-1-2-16-28-19/h1-13,16H,14-15H2,(H2,27,31)/b13-8+. The number of rotatable bonds is 7. The van der Waals surface area contributed by atoms with Crippen LogP contribution in [0.1, 0.15) is 28.9 Å². The second-order valence-corrected chi connectivity index (χ2v) is 8.00. The normalized spacial score (nSPS) is 14.2. The van der Waals surface area contributed by atoms with Crippen LogP contribution in [-0.2, 0) is 9.59 Å². The van der Waals surface area contributed by atoms with Gasteiger partial charge in [0.1, 0.15) is 5.41 Å². The molecule has 0 radical (unpaired) electrons. The molecule has 0 aliphatic heterocycles. The summed E-state index contributed by atoms with van der Waals surface area (Å²) in [7, 11) is 0. The van der Waals surface area contributed by atoms with Crippen LogP contribution in [0.25, 0.3) is 6.08 Å². The number of primary amides is 1. The number of nitrogens with two attached hydrogens (primary N) is 1. The van der Waals surface area contributed by atoms with Crippen molar-refractivity contribution in [3.63, 3.8) is 0 Å². The van der Waals surface area contributed by atoms with E-state index < -0.39 is 11.3 Å². The fraction of sp³-hybridized carbons (Fsp3) is 0.120. The van der Waals surface area contributed by atoms with Crippen molar-refractivity contribution in [3.8, 4) is 0 Å². The molecule has 1 heterocycles. The molecule has 0 saturated heterocycles. The van der Waals surface area contributed by atoms with Gasteiger partial charge in [0.15, 0.2) is 5.78 Å². The Morgan fingerprint density at radius 2 is 1.56 bits per heavy atom. The zero-order valence-electron chi connectivity index (χ0n) is 17.1. The van der Waals surface area contributed by atoms with Crippen molar-refractivity contribution in [1.29, 1.82) is 0 Å². The average Bonchev–Trinajstić information content (AvgIpc) is 3.62. The number of ketones is 1. The second-order valence-electron chi connectivity index (χ2n) is 7.56. The van der Waals surface area contributed by atoms with Gasteiger partial charge in [-0.15, -0.1) is 0 Å². The van der Waals surface area contributed by atoms with E-state index in [2.05, 4.69) is 4.98 Å². The predicted octanol–water partition coefficient (Wildman–Crippen LogP) is 4.56. The Balaban J connectivity index is 1.62. The van der Waals surface area contributed by atoms with Crippen molar-refractivity contribution < 1.29 is 14.4 Å². The Kier molecular flexibility index (Phi) is 5.88. The molecular formula is C25H20ClN3O3. The molecule has 0 unspecified atom stereocenters. The fourth-order valence-corrected chi connectivity index (χ4v) is 3.51. The Hall–Kier alpha value is -3.77. The van der Waals surface area contributed by atoms with E-state index in [1.54, 1.807) is 72.9 Å². The van der Waals surface area contributed by atoms with Gasteiger partial charge in [-0.3, -0.25) is 24.3 Å². The first-order chi connectivity index (χ1) is 15.4. The molecule has 1 saturated carbocycles. The fourth-order valence-electron chi connectivity index (χ4n) is 3.39. The minimum absolute atomic E-state index is 0.192. The summed E-state index contributed by atoms with van der Waals surface area (Å²) in [5, 5.41) is 0.526. The lowest BCUT2D eigenvalue weighted by atomic mass is 10.0. The van der Waals surface area contributed by atoms with E-state index in [1.165, 1.54) is 11.0 Å². The van der Waals surface area contributed by atoms with Crippen molar-refractivity contribution in [2.75, 3.05) is 4.90 Å². The molecule has 0 spiro atoms. The molecule has 3 aromatic rings. The molecule has 160 valence electrons. The van der Waals surface area contributed by atoms with Crippen molar-refractivity contribution in [2.45, 2.75) is 12.8 Å². The van der Waals surface area contributed by atoms with Crippen molar-refractivity contribution >= 4 is 46.6 Å². The average molecular weight is 446 g/mol. The highest BCUT2D eigenvalue weighted by atomic mass is 35.5. The van der Waals surface area contributed by atoms with Gasteiger partial charge in [0.25, 0.3) is 0 Å². The lowest BCUT2D eigenvalue weighted by Gasteiger charge is -2.26. The van der Waals surface area contributed by atoms with E-state index in [1.807, 2.05) is 6.07 Å². The number of pyridine rings is 1. The van der Waals surface area contributed by atoms with Crippen LogP contribution >= 0.6 is 11.6 Å². The van der Waals surface area contributed by atoms with Gasteiger partial charge in [0.05, 0.1) is 5.69 Å². The smallest absolute Gasteiger partial charge is 0.247 e. The van der Waals surface area contributed by atoms with E-state index in [4.69, 9.17) is 17.3 Å². The number of halogens is 1. The van der Waals surface area contributed by atoms with Gasteiger partial charge < -0.3 is 5.73 Å². The molecule has 1 aliphatic carbocycles. The van der Waals surface area contributed by atoms with E-state index in [9.17, 15) is 14.4 Å². The van der Waals surface area contributed by atoms with Gasteiger partial charge in [0, 0.05) is 28.2 Å². The summed E-state index contributed by atoms with van der Waals surface area (Å²) in [4.78, 5) is 43.4. The summed E-state index contributed by atoms with van der Waals surface area (Å²) in [6.45, 7) is 0. The van der Waals surface area contributed by atoms with Gasteiger partial charge >= 0.3 is 0 Å². The zero-order chi connectivity index (χ0) is 22.7. The molecule has 2 aromatic carbocycles. The van der Waals surface area contributed by atoms with Crippen molar-refractivity contribution in [1.82, 2.24) is 4.98 Å². The van der Waals surface area contributed by atoms with E-state index >= 15 is 0 Å². The lowest BCUT2D eigenvalue weighted by Crippen LogP contribution is -2.41. The number of hydrogen-bond acceptors (Lipinski definition) is 4. The third-order valence-corrected chi connectivity index (χ3v) is 5.67. The van der Waals surface area contributed by atoms with Crippen molar-refractivity contribution in [2.24, 2.45) is 11.1 Å². The molecule has 32 heavy (non-hydrogen) atoms. The first-order valence-corrected chi connectivity index (χ1v) is 10.4. The van der Waals surface area contributed by atoms with Crippen LogP contribution in [0.2, 0.25) is 5.02 Å². The molecule has 2 amide bonds. The maximum Gasteiger partial charge on any atom is 0.247 e. The molecule has 1 fully saturated rings. The number of aromatic nitrogens is 1. The maximum atomic E-state index is 13.3. The summed E-state index contributed by atoms with van der Waals surface area (Å²) in [5.74, 6) is -1.21. The summed E-state index contributed by atoms with van der Waals surface area (Å²) in [5.41, 5.74) is 6.55. The Bertz CT molecular complexity index is 1190. The molecule has 0 bridgehead atoms. The van der Waals surface area contributed by atoms with Crippen LogP contribution in [0.5, 0.6) is 0 Å². The van der Waals surface area contributed by atoms with Crippen LogP contribution < -0.4 is 10.6 Å². The van der Waals surface area contributed by atoms with Gasteiger partial charge in [-0.1, -0.05) is 17.7 Å². The number of benzene rings is 2. The molecule has 2 N–H and O–H groups in total. The molecule has 1 aromatic heterocycles. The molecule has 4 rings (SSSR count). The highest BCUT2D eigenvalue weighted by Gasteiger charge is 2.57. The summed E-state index contributed by atoms with van der Waals surface area (Å²) >= 11 is 6.00. The Morgan fingerprint density at radius 1 is 0.938 bits per heavy atom. The van der Waals surface area contributed by atoms with Crippen LogP contribution in [0.4, 0.5) is 11.4 Å². The quantitative estimate of drug-likeness (QED) is 0.327. The monoisotopic (exact) mass is 445 g/mol. The van der Waals surface area contributed by atoms with Crippen LogP contribution in [-0.4, -0.2) is 22.6 Å². The first kappa shape index (κ1) is 21.5. The minimum atomic E-state index is -1.19. The number of nitrogens with zero attached hydrogens (tertiary/aromatic N) is 2. The summed E-state index contributed by atoms with van der Waals surface area (Å²) in [6, 6.07) is 18.8. The molecule has 0 atom stereocenters. The number of anilines is 2. The number of carbonyl (C=O) groups is 3. The largest absolute Gasteiger partial charge is 0.369 e. The number of allylic oxidation sites excluding steroid dienone is 1. The molecular weight excluding hydrogens is 426 g/mol. The van der Waals surface area contributed by atoms with Crippen LogP contribution in [0.3, 0.4) is 0 Å². The zero-order valence-corrected chi connectivity index (χ0v) is 17.8. The molecule has 6 nitrogen and oxygen atoms in total. The highest BCUT2D eigenvalue weighted by molar-refractivity contribution is 6.30. The SMILES string of the molecule is NC(=O)C1(C(=O)N(c2ccc(Cl)cc2)c2ccc(C(=O)/C=C/c3ccccn3)cc2)CC1. The Morgan fingerprint density at radius 3 is 2.09 bits per heavy atom. The van der Waals surface area contributed by atoms with Crippen molar-refractivity contribution in [3.05, 3.63) is 95.3 Å². The molecule has 7 heteroatoms. The second kappa shape index (κ2) is 8.77. The van der Waals surface area contributed by atoms with Gasteiger partial charge in [-0.25, -0.2) is 0 Å². The maximum absolute atomic E-state index is 13.3. The topological polar surface area (TPSA) is 93.4 Å². The van der Waals surface area contributed by atoms with Crippen LogP contribution in [0.15, 0.2) is 79.0 Å². The highest BCUT2D eigenvalue weighted by Crippen LogP contribution is 2.49. The number of hydrogen-bond donors (Lipinski definition) is 1. The van der Waals surface area contributed by atoms with E-state index in [0.29, 0.717) is 40.5 Å². The third-order valence-electron chi connectivity index (χ3n) is 5.42. The minimum Gasteiger partial charge on any atom is -0.369 e. The van der Waals surface area contributed by atoms with Crippen LogP contribution in [0, 0.1) is 5.41 Å². The van der Waals surface area contributed by atoms with E-state index in [-0.39, 0.29) is 11.7 Å². The summed E-state index contributed by atoms with van der Waals surface area (Å²) < 4.78 is 0. The predicted molar refractivity (Wildman–Crippen MR) is 124 cm³/mol. The lowest BCUT2D eigenvalue weighted by molar-refractivity contribution is -0.133. The van der Waals surface area contributed by atoms with Gasteiger partial charge in [0.2, 0.25) is 11.8 Å². The first-order valence-electron chi connectivity index (χ1n) is 10.0. The van der Waals surface area contributed by atoms with Gasteiger partial charge in [-0.05, 0) is 85.7 Å². The van der Waals surface area contributed by atoms with E-state index in [0.717, 1.165) is 0 Å². The van der Waals surface area contributed by atoms with Gasteiger partial charge in [-0.2, -0.15) is 0 Å². The number of carbonyl (C=O) groups excluding carboxylic acids is 3. The Labute approximate surface area is 190 Å². The number of amides is 2.